The van der Waals surface area contributed by atoms with E-state index in [0.717, 1.165) is 17.9 Å². The molecule has 37 heavy (non-hydrogen) atoms. The molecule has 0 saturated carbocycles. The lowest BCUT2D eigenvalue weighted by molar-refractivity contribution is -0.137. The van der Waals surface area contributed by atoms with Crippen molar-refractivity contribution in [2.75, 3.05) is 22.4 Å². The van der Waals surface area contributed by atoms with E-state index in [4.69, 9.17) is 11.6 Å². The van der Waals surface area contributed by atoms with Gasteiger partial charge in [0.2, 0.25) is 15.9 Å². The van der Waals surface area contributed by atoms with Crippen LogP contribution in [0.3, 0.4) is 0 Å². The molecule has 3 rings (SSSR count). The molecule has 0 spiro atoms. The van der Waals surface area contributed by atoms with Crippen molar-refractivity contribution in [2.24, 2.45) is 0 Å². The van der Waals surface area contributed by atoms with E-state index >= 15 is 0 Å². The Labute approximate surface area is 217 Å². The number of carbonyl (C=O) groups excluding carboxylic acids is 2. The minimum absolute atomic E-state index is 0.0915. The second-order valence-corrected chi connectivity index (χ2v) is 10.4. The van der Waals surface area contributed by atoms with Crippen molar-refractivity contribution in [3.63, 3.8) is 0 Å². The van der Waals surface area contributed by atoms with Crippen molar-refractivity contribution in [3.8, 4) is 0 Å². The van der Waals surface area contributed by atoms with Crippen LogP contribution in [0.15, 0.2) is 72.8 Å². The molecule has 3 aromatic rings. The van der Waals surface area contributed by atoms with Gasteiger partial charge in [-0.25, -0.2) is 8.42 Å². The van der Waals surface area contributed by atoms with Crippen molar-refractivity contribution in [2.45, 2.75) is 19.1 Å². The van der Waals surface area contributed by atoms with Crippen LogP contribution in [0.5, 0.6) is 0 Å². The van der Waals surface area contributed by atoms with Crippen molar-refractivity contribution in [1.29, 1.82) is 0 Å². The average Bonchev–Trinajstić information content (AvgIpc) is 2.82. The van der Waals surface area contributed by atoms with E-state index in [0.29, 0.717) is 16.4 Å². The lowest BCUT2D eigenvalue weighted by Gasteiger charge is -2.24. The Morgan fingerprint density at radius 3 is 2.24 bits per heavy atom. The van der Waals surface area contributed by atoms with E-state index in [1.807, 2.05) is 30.3 Å². The van der Waals surface area contributed by atoms with Gasteiger partial charge >= 0.3 is 6.18 Å². The molecule has 0 fully saturated rings. The summed E-state index contributed by atoms with van der Waals surface area (Å²) in [7, 11) is -4.22. The SMILES string of the molecule is C[C@@H](NC(=O)c1ccccc1NC(=O)CN(c1cc(C(F)(F)F)ccc1Cl)S(C)(=O)=O)c1ccccc1. The number of hydrogen-bond acceptors (Lipinski definition) is 4. The molecule has 0 aliphatic rings. The van der Waals surface area contributed by atoms with Crippen LogP contribution in [0.25, 0.3) is 0 Å². The Bertz CT molecular complexity index is 1400. The molecule has 2 N–H and O–H groups in total. The van der Waals surface area contributed by atoms with Crippen LogP contribution in [0.4, 0.5) is 24.5 Å². The molecule has 2 amide bonds. The Hall–Kier alpha value is -3.57. The summed E-state index contributed by atoms with van der Waals surface area (Å²) in [5, 5.41) is 5.00. The van der Waals surface area contributed by atoms with Crippen molar-refractivity contribution >= 4 is 44.8 Å². The maximum atomic E-state index is 13.2. The zero-order chi connectivity index (χ0) is 27.4. The second-order valence-electron chi connectivity index (χ2n) is 8.13. The number of para-hydroxylation sites is 1. The summed E-state index contributed by atoms with van der Waals surface area (Å²) in [5.74, 6) is -1.39. The van der Waals surface area contributed by atoms with Gasteiger partial charge in [0.15, 0.2) is 0 Å². The number of anilines is 2. The van der Waals surface area contributed by atoms with E-state index in [2.05, 4.69) is 10.6 Å². The molecule has 1 atom stereocenters. The Morgan fingerprint density at radius 1 is 1.00 bits per heavy atom. The molecule has 3 aromatic carbocycles. The third-order valence-electron chi connectivity index (χ3n) is 5.32. The quantitative estimate of drug-likeness (QED) is 0.398. The second kappa shape index (κ2) is 11.2. The molecule has 0 unspecified atom stereocenters. The molecule has 0 aliphatic carbocycles. The highest BCUT2D eigenvalue weighted by molar-refractivity contribution is 7.92. The molecule has 0 bridgehead atoms. The van der Waals surface area contributed by atoms with Gasteiger partial charge in [-0.05, 0) is 42.8 Å². The topological polar surface area (TPSA) is 95.6 Å². The number of halogens is 4. The number of carbonyl (C=O) groups is 2. The molecule has 0 saturated heterocycles. The van der Waals surface area contributed by atoms with Crippen LogP contribution in [-0.4, -0.2) is 33.0 Å². The highest BCUT2D eigenvalue weighted by atomic mass is 35.5. The van der Waals surface area contributed by atoms with Gasteiger partial charge < -0.3 is 10.6 Å². The fraction of sp³-hybridized carbons (Fsp3) is 0.200. The summed E-state index contributed by atoms with van der Waals surface area (Å²) in [6.45, 7) is 0.910. The number of rotatable bonds is 8. The van der Waals surface area contributed by atoms with Crippen LogP contribution >= 0.6 is 11.6 Å². The molecule has 12 heteroatoms. The van der Waals surface area contributed by atoms with Crippen LogP contribution in [0.2, 0.25) is 5.02 Å². The molecular formula is C25H23ClF3N3O4S. The third-order valence-corrected chi connectivity index (χ3v) is 6.77. The zero-order valence-electron chi connectivity index (χ0n) is 19.7. The van der Waals surface area contributed by atoms with Gasteiger partial charge in [-0.15, -0.1) is 0 Å². The third kappa shape index (κ3) is 7.23. The molecule has 0 aliphatic heterocycles. The number of alkyl halides is 3. The highest BCUT2D eigenvalue weighted by Crippen LogP contribution is 2.36. The number of hydrogen-bond donors (Lipinski definition) is 2. The smallest absolute Gasteiger partial charge is 0.345 e. The van der Waals surface area contributed by atoms with E-state index in [1.165, 1.54) is 12.1 Å². The number of benzene rings is 3. The summed E-state index contributed by atoms with van der Waals surface area (Å²) in [6, 6.07) is 17.1. The maximum absolute atomic E-state index is 13.2. The monoisotopic (exact) mass is 553 g/mol. The molecule has 0 heterocycles. The summed E-state index contributed by atoms with van der Waals surface area (Å²) < 4.78 is 64.9. The lowest BCUT2D eigenvalue weighted by Crippen LogP contribution is -2.38. The van der Waals surface area contributed by atoms with Gasteiger partial charge in [0, 0.05) is 0 Å². The van der Waals surface area contributed by atoms with E-state index in [9.17, 15) is 31.2 Å². The first-order valence-corrected chi connectivity index (χ1v) is 13.1. The fourth-order valence-electron chi connectivity index (χ4n) is 3.47. The zero-order valence-corrected chi connectivity index (χ0v) is 21.3. The molecular weight excluding hydrogens is 531 g/mol. The number of nitrogens with one attached hydrogen (secondary N) is 2. The number of sulfonamides is 1. The van der Waals surface area contributed by atoms with Crippen molar-refractivity contribution in [1.82, 2.24) is 5.32 Å². The summed E-state index contributed by atoms with van der Waals surface area (Å²) in [5.41, 5.74) is -0.568. The largest absolute Gasteiger partial charge is 0.416 e. The summed E-state index contributed by atoms with van der Waals surface area (Å²) in [4.78, 5) is 25.8. The van der Waals surface area contributed by atoms with E-state index in [-0.39, 0.29) is 22.3 Å². The first-order chi connectivity index (χ1) is 17.3. The number of amides is 2. The van der Waals surface area contributed by atoms with Crippen LogP contribution in [-0.2, 0) is 21.0 Å². The van der Waals surface area contributed by atoms with Gasteiger partial charge in [0.25, 0.3) is 5.91 Å². The van der Waals surface area contributed by atoms with Gasteiger partial charge in [0.05, 0.1) is 39.8 Å². The van der Waals surface area contributed by atoms with Crippen LogP contribution in [0, 0.1) is 0 Å². The Morgan fingerprint density at radius 2 is 1.62 bits per heavy atom. The van der Waals surface area contributed by atoms with Crippen LogP contribution < -0.4 is 14.9 Å². The van der Waals surface area contributed by atoms with Crippen molar-refractivity contribution in [3.05, 3.63) is 94.5 Å². The standard InChI is InChI=1S/C25H23ClF3N3O4S/c1-16(17-8-4-3-5-9-17)30-24(34)19-10-6-7-11-21(19)31-23(33)15-32(37(2,35)36)22-14-18(25(27,28)29)12-13-20(22)26/h3-14,16H,15H2,1-2H3,(H,30,34)(H,31,33)/t16-/m1/s1. The van der Waals surface area contributed by atoms with Gasteiger partial charge in [0.1, 0.15) is 6.54 Å². The highest BCUT2D eigenvalue weighted by Gasteiger charge is 2.33. The van der Waals surface area contributed by atoms with Crippen molar-refractivity contribution < 1.29 is 31.2 Å². The molecule has 196 valence electrons. The van der Waals surface area contributed by atoms with Gasteiger partial charge in [-0.2, -0.15) is 13.2 Å². The minimum atomic E-state index is -4.76. The average molecular weight is 554 g/mol. The predicted octanol–water partition coefficient (Wildman–Crippen LogP) is 5.25. The van der Waals surface area contributed by atoms with Gasteiger partial charge in [-0.3, -0.25) is 13.9 Å². The fourth-order valence-corrected chi connectivity index (χ4v) is 4.60. The molecule has 0 aromatic heterocycles. The molecule has 0 radical (unpaired) electrons. The van der Waals surface area contributed by atoms with Crippen LogP contribution in [0.1, 0.15) is 34.5 Å². The summed E-state index contributed by atoms with van der Waals surface area (Å²) in [6.07, 6.45) is -4.02. The first-order valence-electron chi connectivity index (χ1n) is 10.9. The first kappa shape index (κ1) is 28.0. The van der Waals surface area contributed by atoms with Gasteiger partial charge in [-0.1, -0.05) is 54.1 Å². The predicted molar refractivity (Wildman–Crippen MR) is 136 cm³/mol. The summed E-state index contributed by atoms with van der Waals surface area (Å²) >= 11 is 6.00. The molecule has 7 nitrogen and oxygen atoms in total. The number of nitrogens with zero attached hydrogens (tertiary/aromatic N) is 1. The van der Waals surface area contributed by atoms with E-state index < -0.39 is 45.8 Å². The normalized spacial score (nSPS) is 12.5. The Kier molecular flexibility index (Phi) is 8.49. The lowest BCUT2D eigenvalue weighted by atomic mass is 10.1. The van der Waals surface area contributed by atoms with E-state index in [1.54, 1.807) is 19.1 Å². The maximum Gasteiger partial charge on any atom is 0.416 e. The Balaban J connectivity index is 1.83. The minimum Gasteiger partial charge on any atom is -0.345 e.